The van der Waals surface area contributed by atoms with E-state index in [1.165, 1.54) is 0 Å². The number of morpholine rings is 1. The van der Waals surface area contributed by atoms with Crippen LogP contribution in [0.3, 0.4) is 0 Å². The van der Waals surface area contributed by atoms with E-state index in [1.807, 2.05) is 31.2 Å². The predicted molar refractivity (Wildman–Crippen MR) is 79.8 cm³/mol. The molecular weight excluding hydrogens is 270 g/mol. The van der Waals surface area contributed by atoms with E-state index in [-0.39, 0.29) is 18.2 Å². The lowest BCUT2D eigenvalue weighted by atomic mass is 10.1. The number of nitrogens with zero attached hydrogens (tertiary/aromatic N) is 1. The fourth-order valence-electron chi connectivity index (χ4n) is 2.23. The number of aryl methyl sites for hydroxylation is 1. The molecule has 114 valence electrons. The third kappa shape index (κ3) is 4.27. The van der Waals surface area contributed by atoms with Crippen molar-refractivity contribution in [1.29, 1.82) is 0 Å². The van der Waals surface area contributed by atoms with Crippen molar-refractivity contribution in [3.05, 3.63) is 29.8 Å². The second kappa shape index (κ2) is 7.19. The number of rotatable bonds is 5. The minimum absolute atomic E-state index is 0.0216. The van der Waals surface area contributed by atoms with Crippen LogP contribution in [0.5, 0.6) is 0 Å². The van der Waals surface area contributed by atoms with Crippen LogP contribution in [0.4, 0.5) is 5.69 Å². The fourth-order valence-corrected chi connectivity index (χ4v) is 2.23. The summed E-state index contributed by atoms with van der Waals surface area (Å²) in [4.78, 5) is 25.7. The standard InChI is InChI=1S/C15H21N3O3/c1-11-2-4-12(5-3-11)17-14(19)10-13-15(20)18(7-6-16)8-9-21-13/h2-5,13H,6-10,16H2,1H3,(H,17,19)/t13-/m0/s1. The number of nitrogens with two attached hydrogens (primary N) is 1. The Morgan fingerprint density at radius 1 is 1.43 bits per heavy atom. The second-order valence-corrected chi connectivity index (χ2v) is 5.09. The van der Waals surface area contributed by atoms with Crippen molar-refractivity contribution in [2.24, 2.45) is 5.73 Å². The number of hydrogen-bond donors (Lipinski definition) is 2. The SMILES string of the molecule is Cc1ccc(NC(=O)C[C@@H]2OCCN(CCN)C2=O)cc1. The van der Waals surface area contributed by atoms with Gasteiger partial charge in [-0.3, -0.25) is 9.59 Å². The van der Waals surface area contributed by atoms with Crippen molar-refractivity contribution in [3.8, 4) is 0 Å². The third-order valence-electron chi connectivity index (χ3n) is 3.37. The Balaban J connectivity index is 1.89. The van der Waals surface area contributed by atoms with E-state index in [0.29, 0.717) is 31.9 Å². The molecule has 1 aliphatic heterocycles. The topological polar surface area (TPSA) is 84.7 Å². The molecule has 6 heteroatoms. The number of amides is 2. The van der Waals surface area contributed by atoms with E-state index < -0.39 is 6.10 Å². The summed E-state index contributed by atoms with van der Waals surface area (Å²) < 4.78 is 5.40. The van der Waals surface area contributed by atoms with E-state index in [4.69, 9.17) is 10.5 Å². The van der Waals surface area contributed by atoms with Gasteiger partial charge in [0.05, 0.1) is 13.0 Å². The maximum absolute atomic E-state index is 12.1. The van der Waals surface area contributed by atoms with Crippen LogP contribution in [0.25, 0.3) is 0 Å². The van der Waals surface area contributed by atoms with E-state index in [2.05, 4.69) is 5.32 Å². The number of anilines is 1. The Morgan fingerprint density at radius 3 is 2.81 bits per heavy atom. The molecule has 21 heavy (non-hydrogen) atoms. The molecule has 2 amide bonds. The number of benzene rings is 1. The Hall–Kier alpha value is -1.92. The van der Waals surface area contributed by atoms with Gasteiger partial charge in [0, 0.05) is 25.3 Å². The minimum Gasteiger partial charge on any atom is -0.366 e. The molecular formula is C15H21N3O3. The summed E-state index contributed by atoms with van der Waals surface area (Å²) in [5.41, 5.74) is 7.31. The Morgan fingerprint density at radius 2 is 2.14 bits per heavy atom. The highest BCUT2D eigenvalue weighted by Gasteiger charge is 2.30. The summed E-state index contributed by atoms with van der Waals surface area (Å²) in [6.45, 7) is 3.86. The van der Waals surface area contributed by atoms with Gasteiger partial charge in [0.1, 0.15) is 6.10 Å². The van der Waals surface area contributed by atoms with Gasteiger partial charge in [-0.05, 0) is 19.1 Å². The number of carbonyl (C=O) groups is 2. The van der Waals surface area contributed by atoms with Gasteiger partial charge in [-0.1, -0.05) is 17.7 Å². The van der Waals surface area contributed by atoms with Crippen LogP contribution in [0.2, 0.25) is 0 Å². The van der Waals surface area contributed by atoms with Gasteiger partial charge in [0.25, 0.3) is 5.91 Å². The highest BCUT2D eigenvalue weighted by molar-refractivity contribution is 5.95. The third-order valence-corrected chi connectivity index (χ3v) is 3.37. The van der Waals surface area contributed by atoms with Gasteiger partial charge in [0.2, 0.25) is 5.91 Å². The molecule has 0 saturated carbocycles. The summed E-state index contributed by atoms with van der Waals surface area (Å²) in [5, 5.41) is 2.77. The lowest BCUT2D eigenvalue weighted by Gasteiger charge is -2.31. The molecule has 1 heterocycles. The maximum Gasteiger partial charge on any atom is 0.252 e. The van der Waals surface area contributed by atoms with Gasteiger partial charge in [-0.2, -0.15) is 0 Å². The Labute approximate surface area is 124 Å². The largest absolute Gasteiger partial charge is 0.366 e. The molecule has 1 aromatic rings. The molecule has 1 fully saturated rings. The first-order valence-electron chi connectivity index (χ1n) is 7.07. The van der Waals surface area contributed by atoms with Crippen LogP contribution in [-0.4, -0.2) is 49.1 Å². The zero-order valence-corrected chi connectivity index (χ0v) is 12.2. The molecule has 1 aromatic carbocycles. The molecule has 0 bridgehead atoms. The predicted octanol–water partition coefficient (Wildman–Crippen LogP) is 0.510. The highest BCUT2D eigenvalue weighted by Crippen LogP contribution is 2.13. The molecule has 2 rings (SSSR count). The first-order chi connectivity index (χ1) is 10.1. The minimum atomic E-state index is -0.712. The summed E-state index contributed by atoms with van der Waals surface area (Å²) in [5.74, 6) is -0.391. The highest BCUT2D eigenvalue weighted by atomic mass is 16.5. The molecule has 0 radical (unpaired) electrons. The van der Waals surface area contributed by atoms with Crippen molar-refractivity contribution in [2.75, 3.05) is 31.6 Å². The zero-order valence-electron chi connectivity index (χ0n) is 12.2. The first-order valence-corrected chi connectivity index (χ1v) is 7.07. The Bertz CT molecular complexity index is 499. The molecule has 1 aliphatic rings. The lowest BCUT2D eigenvalue weighted by Crippen LogP contribution is -2.50. The second-order valence-electron chi connectivity index (χ2n) is 5.09. The normalized spacial score (nSPS) is 18.7. The smallest absolute Gasteiger partial charge is 0.252 e. The van der Waals surface area contributed by atoms with Crippen molar-refractivity contribution in [2.45, 2.75) is 19.4 Å². The number of ether oxygens (including phenoxy) is 1. The summed E-state index contributed by atoms with van der Waals surface area (Å²) >= 11 is 0. The molecule has 1 atom stereocenters. The van der Waals surface area contributed by atoms with Crippen molar-refractivity contribution >= 4 is 17.5 Å². The Kier molecular flexibility index (Phi) is 5.30. The van der Waals surface area contributed by atoms with Crippen molar-refractivity contribution < 1.29 is 14.3 Å². The van der Waals surface area contributed by atoms with E-state index in [0.717, 1.165) is 5.56 Å². The van der Waals surface area contributed by atoms with E-state index >= 15 is 0 Å². The van der Waals surface area contributed by atoms with Crippen LogP contribution < -0.4 is 11.1 Å². The quantitative estimate of drug-likeness (QED) is 0.828. The van der Waals surface area contributed by atoms with Crippen LogP contribution in [-0.2, 0) is 14.3 Å². The van der Waals surface area contributed by atoms with Crippen LogP contribution in [0, 0.1) is 6.92 Å². The maximum atomic E-state index is 12.1. The fraction of sp³-hybridized carbons (Fsp3) is 0.467. The van der Waals surface area contributed by atoms with Gasteiger partial charge >= 0.3 is 0 Å². The van der Waals surface area contributed by atoms with Crippen LogP contribution in [0.1, 0.15) is 12.0 Å². The van der Waals surface area contributed by atoms with Crippen LogP contribution >= 0.6 is 0 Å². The van der Waals surface area contributed by atoms with Crippen molar-refractivity contribution in [3.63, 3.8) is 0 Å². The van der Waals surface area contributed by atoms with Gasteiger partial charge in [-0.25, -0.2) is 0 Å². The molecule has 1 saturated heterocycles. The van der Waals surface area contributed by atoms with Crippen LogP contribution in [0.15, 0.2) is 24.3 Å². The average molecular weight is 291 g/mol. The first kappa shape index (κ1) is 15.5. The summed E-state index contributed by atoms with van der Waals surface area (Å²) in [6, 6.07) is 7.50. The molecule has 0 unspecified atom stereocenters. The molecule has 3 N–H and O–H groups in total. The summed E-state index contributed by atoms with van der Waals surface area (Å²) in [6.07, 6.45) is -0.691. The number of hydrogen-bond acceptors (Lipinski definition) is 4. The van der Waals surface area contributed by atoms with Crippen molar-refractivity contribution in [1.82, 2.24) is 4.90 Å². The number of carbonyl (C=O) groups excluding carboxylic acids is 2. The van der Waals surface area contributed by atoms with E-state index in [1.54, 1.807) is 4.90 Å². The summed E-state index contributed by atoms with van der Waals surface area (Å²) in [7, 11) is 0. The molecule has 0 aliphatic carbocycles. The molecule has 0 aromatic heterocycles. The zero-order chi connectivity index (χ0) is 15.2. The average Bonchev–Trinajstić information content (AvgIpc) is 2.46. The molecule has 0 spiro atoms. The lowest BCUT2D eigenvalue weighted by molar-refractivity contribution is -0.154. The van der Waals surface area contributed by atoms with E-state index in [9.17, 15) is 9.59 Å². The monoisotopic (exact) mass is 291 g/mol. The van der Waals surface area contributed by atoms with Gasteiger partial charge in [-0.15, -0.1) is 0 Å². The molecule has 6 nitrogen and oxygen atoms in total. The number of nitrogens with one attached hydrogen (secondary N) is 1. The van der Waals surface area contributed by atoms with Gasteiger partial charge in [0.15, 0.2) is 0 Å². The van der Waals surface area contributed by atoms with Gasteiger partial charge < -0.3 is 20.7 Å².